The standard InChI is InChI=1S/C17H17N3S/c1-2-6-17-14(4-1)19-12-13-15(5-3-7-16(13)21-17)20-10-8-18-9-11-20/h1-7,12,18H,8-11H2. The molecule has 0 aliphatic carbocycles. The highest BCUT2D eigenvalue weighted by atomic mass is 32.2. The second-order valence-electron chi connectivity index (χ2n) is 5.25. The van der Waals surface area contributed by atoms with Crippen molar-refractivity contribution in [3.63, 3.8) is 0 Å². The highest BCUT2D eigenvalue weighted by Gasteiger charge is 2.18. The first-order valence-electron chi connectivity index (χ1n) is 7.31. The van der Waals surface area contributed by atoms with Crippen molar-refractivity contribution < 1.29 is 0 Å². The molecule has 106 valence electrons. The number of hydrogen-bond acceptors (Lipinski definition) is 4. The van der Waals surface area contributed by atoms with E-state index in [9.17, 15) is 0 Å². The van der Waals surface area contributed by atoms with Gasteiger partial charge in [0.25, 0.3) is 0 Å². The fourth-order valence-electron chi connectivity index (χ4n) is 2.84. The van der Waals surface area contributed by atoms with Crippen molar-refractivity contribution >= 4 is 29.4 Å². The average molecular weight is 295 g/mol. The van der Waals surface area contributed by atoms with Crippen LogP contribution in [0.2, 0.25) is 0 Å². The maximum absolute atomic E-state index is 4.70. The zero-order valence-electron chi connectivity index (χ0n) is 11.7. The molecule has 2 aromatic rings. The van der Waals surface area contributed by atoms with Gasteiger partial charge in [-0.3, -0.25) is 4.99 Å². The molecule has 0 radical (unpaired) electrons. The largest absolute Gasteiger partial charge is 0.368 e. The van der Waals surface area contributed by atoms with E-state index in [2.05, 4.69) is 46.6 Å². The molecule has 1 fully saturated rings. The van der Waals surface area contributed by atoms with Gasteiger partial charge in [-0.05, 0) is 24.3 Å². The normalized spacial score (nSPS) is 17.0. The van der Waals surface area contributed by atoms with Crippen LogP contribution in [0.1, 0.15) is 5.56 Å². The Labute approximate surface area is 129 Å². The molecule has 2 aliphatic heterocycles. The zero-order valence-corrected chi connectivity index (χ0v) is 12.6. The minimum absolute atomic E-state index is 1.05. The first kappa shape index (κ1) is 12.9. The Kier molecular flexibility index (Phi) is 3.41. The van der Waals surface area contributed by atoms with Gasteiger partial charge in [-0.2, -0.15) is 0 Å². The van der Waals surface area contributed by atoms with Crippen molar-refractivity contribution in [2.45, 2.75) is 9.79 Å². The van der Waals surface area contributed by atoms with Gasteiger partial charge in [0.2, 0.25) is 0 Å². The van der Waals surface area contributed by atoms with Gasteiger partial charge in [-0.1, -0.05) is 30.0 Å². The second-order valence-corrected chi connectivity index (χ2v) is 6.34. The summed E-state index contributed by atoms with van der Waals surface area (Å²) in [5.74, 6) is 0. The number of piperazine rings is 1. The summed E-state index contributed by atoms with van der Waals surface area (Å²) in [5.41, 5.74) is 3.61. The lowest BCUT2D eigenvalue weighted by Crippen LogP contribution is -2.43. The van der Waals surface area contributed by atoms with Gasteiger partial charge in [0.15, 0.2) is 0 Å². The molecule has 21 heavy (non-hydrogen) atoms. The van der Waals surface area contributed by atoms with Crippen LogP contribution in [0, 0.1) is 0 Å². The average Bonchev–Trinajstić information content (AvgIpc) is 2.74. The van der Waals surface area contributed by atoms with Gasteiger partial charge in [-0.25, -0.2) is 0 Å². The monoisotopic (exact) mass is 295 g/mol. The Balaban J connectivity index is 1.78. The lowest BCUT2D eigenvalue weighted by atomic mass is 10.1. The van der Waals surface area contributed by atoms with E-state index in [0.29, 0.717) is 0 Å². The molecule has 0 spiro atoms. The first-order valence-corrected chi connectivity index (χ1v) is 8.13. The molecule has 0 atom stereocenters. The molecule has 4 heteroatoms. The summed E-state index contributed by atoms with van der Waals surface area (Å²) in [6.45, 7) is 4.21. The molecule has 4 rings (SSSR count). The van der Waals surface area contributed by atoms with Crippen LogP contribution in [0.25, 0.3) is 0 Å². The molecule has 2 aliphatic rings. The third-order valence-electron chi connectivity index (χ3n) is 3.92. The Bertz CT molecular complexity index is 690. The predicted octanol–water partition coefficient (Wildman–Crippen LogP) is 3.31. The molecule has 0 unspecified atom stereocenters. The Morgan fingerprint density at radius 1 is 0.952 bits per heavy atom. The van der Waals surface area contributed by atoms with E-state index in [1.165, 1.54) is 21.0 Å². The van der Waals surface area contributed by atoms with Crippen LogP contribution < -0.4 is 10.2 Å². The number of para-hydroxylation sites is 1. The van der Waals surface area contributed by atoms with Gasteiger partial charge in [0.1, 0.15) is 0 Å². The number of nitrogens with one attached hydrogen (secondary N) is 1. The third-order valence-corrected chi connectivity index (χ3v) is 5.06. The minimum atomic E-state index is 1.05. The van der Waals surface area contributed by atoms with E-state index >= 15 is 0 Å². The van der Waals surface area contributed by atoms with Crippen molar-refractivity contribution in [1.82, 2.24) is 5.32 Å². The maximum atomic E-state index is 4.70. The SMILES string of the molecule is C1=Nc2ccccc2Sc2cccc(N3CCNCC3)c21. The number of aliphatic imine (C=N–C) groups is 1. The molecule has 0 amide bonds. The number of benzene rings is 2. The molecule has 2 aromatic carbocycles. The molecular formula is C17H17N3S. The summed E-state index contributed by atoms with van der Waals surface area (Å²) < 4.78 is 0. The van der Waals surface area contributed by atoms with Crippen LogP contribution in [-0.4, -0.2) is 32.4 Å². The number of rotatable bonds is 1. The van der Waals surface area contributed by atoms with Gasteiger partial charge in [-0.15, -0.1) is 0 Å². The van der Waals surface area contributed by atoms with Gasteiger partial charge in [0.05, 0.1) is 5.69 Å². The molecule has 1 N–H and O–H groups in total. The summed E-state index contributed by atoms with van der Waals surface area (Å²) in [4.78, 5) is 9.67. The fourth-order valence-corrected chi connectivity index (χ4v) is 3.86. The van der Waals surface area contributed by atoms with E-state index < -0.39 is 0 Å². The Hall–Kier alpha value is -1.78. The fraction of sp³-hybridized carbons (Fsp3) is 0.235. The summed E-state index contributed by atoms with van der Waals surface area (Å²) >= 11 is 1.81. The Morgan fingerprint density at radius 2 is 1.76 bits per heavy atom. The van der Waals surface area contributed by atoms with E-state index in [1.54, 1.807) is 0 Å². The first-order chi connectivity index (χ1) is 10.4. The summed E-state index contributed by atoms with van der Waals surface area (Å²) in [6.07, 6.45) is 2.03. The predicted molar refractivity (Wildman–Crippen MR) is 89.3 cm³/mol. The van der Waals surface area contributed by atoms with Crippen LogP contribution in [0.4, 0.5) is 11.4 Å². The zero-order chi connectivity index (χ0) is 14.1. The minimum Gasteiger partial charge on any atom is -0.368 e. The molecule has 2 heterocycles. The topological polar surface area (TPSA) is 27.6 Å². The number of hydrogen-bond donors (Lipinski definition) is 1. The molecule has 0 saturated carbocycles. The van der Waals surface area contributed by atoms with E-state index in [0.717, 1.165) is 31.9 Å². The van der Waals surface area contributed by atoms with Crippen molar-refractivity contribution in [2.24, 2.45) is 4.99 Å². The van der Waals surface area contributed by atoms with Crippen LogP contribution in [0.15, 0.2) is 57.2 Å². The molecule has 0 bridgehead atoms. The van der Waals surface area contributed by atoms with Crippen LogP contribution in [0.3, 0.4) is 0 Å². The lowest BCUT2D eigenvalue weighted by molar-refractivity contribution is 0.589. The van der Waals surface area contributed by atoms with Gasteiger partial charge < -0.3 is 10.2 Å². The number of fused-ring (bicyclic) bond motifs is 2. The molecule has 0 aromatic heterocycles. The highest BCUT2D eigenvalue weighted by molar-refractivity contribution is 7.99. The van der Waals surface area contributed by atoms with E-state index in [1.807, 2.05) is 24.0 Å². The summed E-state index contributed by atoms with van der Waals surface area (Å²) in [5, 5.41) is 3.41. The quantitative estimate of drug-likeness (QED) is 0.746. The van der Waals surface area contributed by atoms with Crippen LogP contribution >= 0.6 is 11.8 Å². The van der Waals surface area contributed by atoms with Crippen molar-refractivity contribution in [1.29, 1.82) is 0 Å². The number of anilines is 1. The smallest absolute Gasteiger partial charge is 0.0769 e. The van der Waals surface area contributed by atoms with E-state index in [-0.39, 0.29) is 0 Å². The van der Waals surface area contributed by atoms with Gasteiger partial charge >= 0.3 is 0 Å². The van der Waals surface area contributed by atoms with Crippen LogP contribution in [0.5, 0.6) is 0 Å². The van der Waals surface area contributed by atoms with Crippen LogP contribution in [-0.2, 0) is 0 Å². The maximum Gasteiger partial charge on any atom is 0.0769 e. The lowest BCUT2D eigenvalue weighted by Gasteiger charge is -2.31. The van der Waals surface area contributed by atoms with E-state index in [4.69, 9.17) is 4.99 Å². The van der Waals surface area contributed by atoms with Gasteiger partial charge in [0, 0.05) is 53.4 Å². The summed E-state index contributed by atoms with van der Waals surface area (Å²) in [6, 6.07) is 14.9. The summed E-state index contributed by atoms with van der Waals surface area (Å²) in [7, 11) is 0. The highest BCUT2D eigenvalue weighted by Crippen LogP contribution is 2.41. The number of nitrogens with zero attached hydrogens (tertiary/aromatic N) is 2. The van der Waals surface area contributed by atoms with Crippen molar-refractivity contribution in [3.05, 3.63) is 48.0 Å². The molecule has 3 nitrogen and oxygen atoms in total. The van der Waals surface area contributed by atoms with Crippen molar-refractivity contribution in [3.8, 4) is 0 Å². The third kappa shape index (κ3) is 2.45. The molecular weight excluding hydrogens is 278 g/mol. The second kappa shape index (κ2) is 5.54. The van der Waals surface area contributed by atoms with Crippen molar-refractivity contribution in [2.75, 3.05) is 31.1 Å². The molecule has 1 saturated heterocycles. The Morgan fingerprint density at radius 3 is 2.67 bits per heavy atom.